The largest absolute Gasteiger partial charge is 0.457 e. The average molecular weight is 570 g/mol. The molecule has 3 heterocycles. The van der Waals surface area contributed by atoms with E-state index in [4.69, 9.17) is 4.74 Å². The van der Waals surface area contributed by atoms with Gasteiger partial charge in [0, 0.05) is 59.1 Å². The Kier molecular flexibility index (Phi) is 6.20. The topological polar surface area (TPSA) is 88.0 Å². The molecule has 0 atom stereocenters. The molecule has 0 aliphatic rings. The normalized spacial score (nSPS) is 11.3. The number of aryl methyl sites for hydroxylation is 2. The number of fused-ring (bicyclic) bond motifs is 3. The Hall–Kier alpha value is -5.83. The summed E-state index contributed by atoms with van der Waals surface area (Å²) in [5.74, 6) is 1.35. The van der Waals surface area contributed by atoms with Crippen LogP contribution in [0.5, 0.6) is 11.5 Å². The summed E-state index contributed by atoms with van der Waals surface area (Å²) in [5.41, 5.74) is 6.03. The van der Waals surface area contributed by atoms with E-state index in [1.165, 1.54) is 18.3 Å². The minimum atomic E-state index is -0.381. The Morgan fingerprint density at radius 3 is 2.40 bits per heavy atom. The lowest BCUT2D eigenvalue weighted by molar-refractivity contribution is -0.384. The molecule has 0 saturated heterocycles. The van der Waals surface area contributed by atoms with Gasteiger partial charge in [-0.3, -0.25) is 14.7 Å². The molecular formula is C34H24FN5O3. The molecule has 4 aromatic carbocycles. The molecular weight excluding hydrogens is 545 g/mol. The fraction of sp³-hybridized carbons (Fsp3) is 0.0588. The predicted molar refractivity (Wildman–Crippen MR) is 164 cm³/mol. The maximum atomic E-state index is 14.2. The smallest absolute Gasteiger partial charge is 0.269 e. The van der Waals surface area contributed by atoms with Gasteiger partial charge in [0.05, 0.1) is 27.8 Å². The molecule has 0 aliphatic heterocycles. The summed E-state index contributed by atoms with van der Waals surface area (Å²) in [6, 6.07) is 27.3. The van der Waals surface area contributed by atoms with Crippen molar-refractivity contribution in [3.05, 3.63) is 137 Å². The number of non-ortho nitro benzene ring substituents is 1. The highest BCUT2D eigenvalue weighted by atomic mass is 19.1. The number of halogens is 1. The molecule has 0 aliphatic carbocycles. The summed E-state index contributed by atoms with van der Waals surface area (Å²) in [6.07, 6.45) is 5.11. The van der Waals surface area contributed by atoms with Gasteiger partial charge in [0.15, 0.2) is 0 Å². The number of nitrogens with zero attached hydrogens (tertiary/aromatic N) is 5. The lowest BCUT2D eigenvalue weighted by Crippen LogP contribution is -1.98. The van der Waals surface area contributed by atoms with Crippen molar-refractivity contribution < 1.29 is 14.1 Å². The van der Waals surface area contributed by atoms with Crippen LogP contribution in [0.2, 0.25) is 0 Å². The molecule has 7 aromatic rings. The second-order valence-corrected chi connectivity index (χ2v) is 10.3. The number of para-hydroxylation sites is 1. The van der Waals surface area contributed by atoms with Gasteiger partial charge in [-0.2, -0.15) is 5.10 Å². The summed E-state index contributed by atoms with van der Waals surface area (Å²) in [7, 11) is 0. The molecule has 7 rings (SSSR count). The van der Waals surface area contributed by atoms with Crippen molar-refractivity contribution in [1.82, 2.24) is 19.3 Å². The zero-order chi connectivity index (χ0) is 29.7. The quantitative estimate of drug-likeness (QED) is 0.148. The van der Waals surface area contributed by atoms with E-state index in [-0.39, 0.29) is 16.4 Å². The van der Waals surface area contributed by atoms with Crippen LogP contribution in [0.1, 0.15) is 11.1 Å². The molecule has 0 amide bonds. The Balaban J connectivity index is 1.23. The van der Waals surface area contributed by atoms with Crippen LogP contribution < -0.4 is 4.74 Å². The highest BCUT2D eigenvalue weighted by molar-refractivity contribution is 6.09. The molecule has 3 aromatic heterocycles. The highest BCUT2D eigenvalue weighted by Gasteiger charge is 2.16. The number of rotatable bonds is 6. The van der Waals surface area contributed by atoms with Crippen LogP contribution in [-0.4, -0.2) is 24.3 Å². The monoisotopic (exact) mass is 569 g/mol. The zero-order valence-electron chi connectivity index (χ0n) is 23.2. The maximum Gasteiger partial charge on any atom is 0.269 e. The molecule has 9 heteroatoms. The van der Waals surface area contributed by atoms with Crippen molar-refractivity contribution >= 4 is 27.5 Å². The number of benzene rings is 4. The van der Waals surface area contributed by atoms with Crippen molar-refractivity contribution in [2.45, 2.75) is 13.8 Å². The van der Waals surface area contributed by atoms with E-state index >= 15 is 0 Å². The summed E-state index contributed by atoms with van der Waals surface area (Å²) in [4.78, 5) is 15.3. The number of nitro benzene ring substituents is 1. The van der Waals surface area contributed by atoms with Crippen LogP contribution in [0.25, 0.3) is 44.4 Å². The molecule has 210 valence electrons. The minimum absolute atomic E-state index is 0.0711. The standard InChI is InChI=1S/C34H24FN5O3/c1-21-14-26(40(41)42)15-22(2)34(21)23-19-37-38(20-23)25-6-5-7-27(17-25)43-28-10-11-30-29-8-3-4-9-31(29)39(32(30)18-28)33-16-24(35)12-13-36-33/h3-20H,1-2H3. The van der Waals surface area contributed by atoms with Crippen LogP contribution >= 0.6 is 0 Å². The summed E-state index contributed by atoms with van der Waals surface area (Å²) < 4.78 is 24.2. The van der Waals surface area contributed by atoms with Crippen molar-refractivity contribution in [3.8, 4) is 34.1 Å². The average Bonchev–Trinajstić information content (AvgIpc) is 3.60. The zero-order valence-corrected chi connectivity index (χ0v) is 23.2. The second-order valence-electron chi connectivity index (χ2n) is 10.3. The molecule has 0 fully saturated rings. The maximum absolute atomic E-state index is 14.2. The predicted octanol–water partition coefficient (Wildman–Crippen LogP) is 8.49. The Morgan fingerprint density at radius 1 is 0.837 bits per heavy atom. The van der Waals surface area contributed by atoms with Gasteiger partial charge in [-0.25, -0.2) is 14.1 Å². The summed E-state index contributed by atoms with van der Waals surface area (Å²) >= 11 is 0. The van der Waals surface area contributed by atoms with E-state index in [2.05, 4.69) is 10.1 Å². The highest BCUT2D eigenvalue weighted by Crippen LogP contribution is 2.36. The van der Waals surface area contributed by atoms with Crippen molar-refractivity contribution in [3.63, 3.8) is 0 Å². The number of hydrogen-bond acceptors (Lipinski definition) is 5. The molecule has 0 bridgehead atoms. The van der Waals surface area contributed by atoms with E-state index in [1.54, 1.807) is 23.0 Å². The number of pyridine rings is 1. The van der Waals surface area contributed by atoms with Crippen LogP contribution in [0.15, 0.2) is 110 Å². The summed E-state index contributed by atoms with van der Waals surface area (Å²) in [5, 5.41) is 17.9. The Bertz CT molecular complexity index is 2180. The molecule has 0 unspecified atom stereocenters. The third-order valence-electron chi connectivity index (χ3n) is 7.50. The Labute approximate surface area is 245 Å². The van der Waals surface area contributed by atoms with Crippen LogP contribution in [0.3, 0.4) is 0 Å². The van der Waals surface area contributed by atoms with Crippen molar-refractivity contribution in [1.29, 1.82) is 0 Å². The first kappa shape index (κ1) is 26.1. The van der Waals surface area contributed by atoms with E-state index in [0.717, 1.165) is 49.7 Å². The van der Waals surface area contributed by atoms with Gasteiger partial charge in [0.25, 0.3) is 5.69 Å². The van der Waals surface area contributed by atoms with Gasteiger partial charge >= 0.3 is 0 Å². The van der Waals surface area contributed by atoms with Crippen LogP contribution in [-0.2, 0) is 0 Å². The first-order valence-corrected chi connectivity index (χ1v) is 13.6. The van der Waals surface area contributed by atoms with Gasteiger partial charge in [-0.15, -0.1) is 0 Å². The third kappa shape index (κ3) is 4.66. The van der Waals surface area contributed by atoms with Crippen LogP contribution in [0, 0.1) is 29.8 Å². The SMILES string of the molecule is Cc1cc([N+](=O)[O-])cc(C)c1-c1cnn(-c2cccc(Oc3ccc4c5ccccc5n(-c5cc(F)ccn5)c4c3)c2)c1. The van der Waals surface area contributed by atoms with Gasteiger partial charge < -0.3 is 4.74 Å². The lowest BCUT2D eigenvalue weighted by atomic mass is 9.97. The number of nitro groups is 1. The van der Waals surface area contributed by atoms with Crippen LogP contribution in [0.4, 0.5) is 10.1 Å². The van der Waals surface area contributed by atoms with E-state index in [1.807, 2.05) is 91.3 Å². The third-order valence-corrected chi connectivity index (χ3v) is 7.50. The first-order valence-electron chi connectivity index (χ1n) is 13.6. The summed E-state index contributed by atoms with van der Waals surface area (Å²) in [6.45, 7) is 3.73. The molecule has 43 heavy (non-hydrogen) atoms. The molecule has 0 radical (unpaired) electrons. The lowest BCUT2D eigenvalue weighted by Gasteiger charge is -2.10. The molecule has 0 saturated carbocycles. The van der Waals surface area contributed by atoms with Crippen molar-refractivity contribution in [2.24, 2.45) is 0 Å². The molecule has 8 nitrogen and oxygen atoms in total. The fourth-order valence-corrected chi connectivity index (χ4v) is 5.70. The van der Waals surface area contributed by atoms with Gasteiger partial charge in [0.1, 0.15) is 23.1 Å². The van der Waals surface area contributed by atoms with Gasteiger partial charge in [-0.1, -0.05) is 24.3 Å². The number of ether oxygens (including phenoxy) is 1. The molecule has 0 N–H and O–H groups in total. The first-order chi connectivity index (χ1) is 20.9. The number of aromatic nitrogens is 4. The van der Waals surface area contributed by atoms with E-state index < -0.39 is 0 Å². The van der Waals surface area contributed by atoms with E-state index in [9.17, 15) is 14.5 Å². The fourth-order valence-electron chi connectivity index (χ4n) is 5.70. The van der Waals surface area contributed by atoms with Gasteiger partial charge in [0.2, 0.25) is 0 Å². The van der Waals surface area contributed by atoms with Crippen molar-refractivity contribution in [2.75, 3.05) is 0 Å². The molecule has 0 spiro atoms. The Morgan fingerprint density at radius 2 is 1.60 bits per heavy atom. The van der Waals surface area contributed by atoms with E-state index in [0.29, 0.717) is 17.3 Å². The van der Waals surface area contributed by atoms with Gasteiger partial charge in [-0.05, 0) is 66.9 Å². The minimum Gasteiger partial charge on any atom is -0.457 e. The second kappa shape index (κ2) is 10.2. The number of hydrogen-bond donors (Lipinski definition) is 0.